The van der Waals surface area contributed by atoms with Crippen LogP contribution in [0.25, 0.3) is 11.4 Å². The molecule has 1 saturated heterocycles. The molecule has 0 unspecified atom stereocenters. The summed E-state index contributed by atoms with van der Waals surface area (Å²) in [7, 11) is 0. The predicted molar refractivity (Wildman–Crippen MR) is 113 cm³/mol. The molecule has 3 aromatic rings. The Morgan fingerprint density at radius 3 is 2.65 bits per heavy atom. The molecule has 0 bridgehead atoms. The van der Waals surface area contributed by atoms with E-state index in [1.54, 1.807) is 31.2 Å². The zero-order valence-corrected chi connectivity index (χ0v) is 17.4. The third-order valence-electron chi connectivity index (χ3n) is 5.49. The second-order valence-corrected chi connectivity index (χ2v) is 7.67. The number of hydrogen-bond donors (Lipinski definition) is 0. The molecule has 1 fully saturated rings. The van der Waals surface area contributed by atoms with Gasteiger partial charge in [0.1, 0.15) is 11.6 Å². The number of aromatic nitrogens is 2. The van der Waals surface area contributed by atoms with Gasteiger partial charge in [-0.25, -0.2) is 8.78 Å². The van der Waals surface area contributed by atoms with E-state index in [0.29, 0.717) is 48.9 Å². The van der Waals surface area contributed by atoms with E-state index in [0.717, 1.165) is 18.7 Å². The first-order valence-corrected chi connectivity index (χ1v) is 10.4. The average Bonchev–Trinajstić information content (AvgIpc) is 3.11. The molecule has 0 atom stereocenters. The summed E-state index contributed by atoms with van der Waals surface area (Å²) in [6.45, 7) is 4.48. The van der Waals surface area contributed by atoms with Crippen LogP contribution in [-0.4, -0.2) is 47.1 Å². The molecular weight excluding hydrogens is 402 g/mol. The van der Waals surface area contributed by atoms with Crippen molar-refractivity contribution in [3.63, 3.8) is 0 Å². The largest absolute Gasteiger partial charge is 0.370 e. The maximum Gasteiger partial charge on any atom is 0.227 e. The Morgan fingerprint density at radius 1 is 1.06 bits per heavy atom. The maximum absolute atomic E-state index is 13.8. The second kappa shape index (κ2) is 9.24. The van der Waals surface area contributed by atoms with Crippen molar-refractivity contribution < 1.29 is 18.1 Å². The Balaban J connectivity index is 1.31. The number of nitrogens with zero attached hydrogens (tertiary/aromatic N) is 4. The Kier molecular flexibility index (Phi) is 6.25. The van der Waals surface area contributed by atoms with Crippen LogP contribution in [0, 0.1) is 18.6 Å². The molecule has 31 heavy (non-hydrogen) atoms. The lowest BCUT2D eigenvalue weighted by molar-refractivity contribution is -0.131. The quantitative estimate of drug-likeness (QED) is 0.617. The number of hydrogen-bond acceptors (Lipinski definition) is 5. The van der Waals surface area contributed by atoms with E-state index >= 15 is 0 Å². The average molecular weight is 426 g/mol. The van der Waals surface area contributed by atoms with Gasteiger partial charge in [-0.3, -0.25) is 4.79 Å². The van der Waals surface area contributed by atoms with Gasteiger partial charge in [0.05, 0.1) is 0 Å². The number of carbonyl (C=O) groups excluding carboxylic acids is 1. The monoisotopic (exact) mass is 426 g/mol. The number of halogens is 2. The highest BCUT2D eigenvalue weighted by Crippen LogP contribution is 2.20. The first-order valence-electron chi connectivity index (χ1n) is 10.4. The standard InChI is InChI=1S/C23H24F2N4O2/c1-16-3-4-17(15-20(16)25)23-26-21(31-27-23)9-10-22(30)29-12-2-11-28(13-14-29)19-7-5-18(24)6-8-19/h3-8,15H,2,9-14H2,1H3. The molecule has 4 rings (SSSR count). The maximum atomic E-state index is 13.8. The van der Waals surface area contributed by atoms with Crippen LogP contribution in [0.15, 0.2) is 47.0 Å². The van der Waals surface area contributed by atoms with Gasteiger partial charge in [-0.1, -0.05) is 17.3 Å². The minimum absolute atomic E-state index is 0.0297. The summed E-state index contributed by atoms with van der Waals surface area (Å²) >= 11 is 0. The molecule has 1 aliphatic rings. The molecule has 1 amide bonds. The molecule has 2 heterocycles. The van der Waals surface area contributed by atoms with Crippen LogP contribution in [-0.2, 0) is 11.2 Å². The molecule has 1 aliphatic heterocycles. The fourth-order valence-electron chi connectivity index (χ4n) is 3.65. The van der Waals surface area contributed by atoms with Gasteiger partial charge in [-0.05, 0) is 49.2 Å². The highest BCUT2D eigenvalue weighted by Gasteiger charge is 2.20. The van der Waals surface area contributed by atoms with Crippen molar-refractivity contribution >= 4 is 11.6 Å². The molecule has 8 heteroatoms. The van der Waals surface area contributed by atoms with Crippen molar-refractivity contribution in [2.75, 3.05) is 31.1 Å². The normalized spacial score (nSPS) is 14.5. The van der Waals surface area contributed by atoms with Crippen LogP contribution >= 0.6 is 0 Å². The van der Waals surface area contributed by atoms with Crippen LogP contribution in [0.4, 0.5) is 14.5 Å². The second-order valence-electron chi connectivity index (χ2n) is 7.67. The predicted octanol–water partition coefficient (Wildman–Crippen LogP) is 3.99. The van der Waals surface area contributed by atoms with Gasteiger partial charge in [0.15, 0.2) is 0 Å². The number of carbonyl (C=O) groups is 1. The van der Waals surface area contributed by atoms with E-state index in [-0.39, 0.29) is 24.0 Å². The molecule has 6 nitrogen and oxygen atoms in total. The van der Waals surface area contributed by atoms with Gasteiger partial charge in [-0.15, -0.1) is 0 Å². The van der Waals surface area contributed by atoms with Crippen LogP contribution in [0.2, 0.25) is 0 Å². The van der Waals surface area contributed by atoms with Gasteiger partial charge < -0.3 is 14.3 Å². The first kappa shape index (κ1) is 21.0. The Bertz CT molecular complexity index is 1050. The highest BCUT2D eigenvalue weighted by molar-refractivity contribution is 5.76. The van der Waals surface area contributed by atoms with Crippen molar-refractivity contribution in [2.45, 2.75) is 26.2 Å². The minimum Gasteiger partial charge on any atom is -0.370 e. The number of aryl methyl sites for hydroxylation is 2. The summed E-state index contributed by atoms with van der Waals surface area (Å²) in [6, 6.07) is 11.2. The first-order chi connectivity index (χ1) is 15.0. The van der Waals surface area contributed by atoms with Gasteiger partial charge >= 0.3 is 0 Å². The zero-order chi connectivity index (χ0) is 21.8. The lowest BCUT2D eigenvalue weighted by Gasteiger charge is -2.23. The molecular formula is C23H24F2N4O2. The number of anilines is 1. The summed E-state index contributed by atoms with van der Waals surface area (Å²) in [4.78, 5) is 21.0. The highest BCUT2D eigenvalue weighted by atomic mass is 19.1. The topological polar surface area (TPSA) is 62.5 Å². The van der Waals surface area contributed by atoms with Crippen molar-refractivity contribution in [1.29, 1.82) is 0 Å². The van der Waals surface area contributed by atoms with E-state index in [9.17, 15) is 13.6 Å². The molecule has 162 valence electrons. The molecule has 0 spiro atoms. The third kappa shape index (κ3) is 5.07. The lowest BCUT2D eigenvalue weighted by atomic mass is 10.1. The van der Waals surface area contributed by atoms with E-state index in [4.69, 9.17) is 4.52 Å². The van der Waals surface area contributed by atoms with E-state index in [1.165, 1.54) is 18.2 Å². The number of rotatable bonds is 5. The fourth-order valence-corrected chi connectivity index (χ4v) is 3.65. The lowest BCUT2D eigenvalue weighted by Crippen LogP contribution is -2.35. The molecule has 0 radical (unpaired) electrons. The van der Waals surface area contributed by atoms with Gasteiger partial charge in [-0.2, -0.15) is 4.98 Å². The summed E-state index contributed by atoms with van der Waals surface area (Å²) in [5.74, 6) is 0.113. The van der Waals surface area contributed by atoms with Crippen LogP contribution in [0.3, 0.4) is 0 Å². The smallest absolute Gasteiger partial charge is 0.227 e. The van der Waals surface area contributed by atoms with E-state index < -0.39 is 0 Å². The Hall–Kier alpha value is -3.29. The zero-order valence-electron chi connectivity index (χ0n) is 17.4. The van der Waals surface area contributed by atoms with Crippen LogP contribution in [0.1, 0.15) is 24.3 Å². The molecule has 2 aromatic carbocycles. The van der Waals surface area contributed by atoms with Crippen LogP contribution in [0.5, 0.6) is 0 Å². The summed E-state index contributed by atoms with van der Waals surface area (Å²) in [5.41, 5.74) is 2.05. The van der Waals surface area contributed by atoms with Gasteiger partial charge in [0, 0.05) is 50.3 Å². The number of amides is 1. The van der Waals surface area contributed by atoms with Gasteiger partial charge in [0.25, 0.3) is 0 Å². The van der Waals surface area contributed by atoms with Crippen molar-refractivity contribution in [3.05, 3.63) is 65.6 Å². The summed E-state index contributed by atoms with van der Waals surface area (Å²) < 4.78 is 32.2. The number of benzene rings is 2. The molecule has 1 aromatic heterocycles. The van der Waals surface area contributed by atoms with E-state index in [1.807, 2.05) is 4.90 Å². The SMILES string of the molecule is Cc1ccc(-c2noc(CCC(=O)N3CCCN(c4ccc(F)cc4)CC3)n2)cc1F. The van der Waals surface area contributed by atoms with Crippen molar-refractivity contribution in [1.82, 2.24) is 15.0 Å². The third-order valence-corrected chi connectivity index (χ3v) is 5.49. The summed E-state index contributed by atoms with van der Waals surface area (Å²) in [5, 5.41) is 3.90. The van der Waals surface area contributed by atoms with E-state index in [2.05, 4.69) is 15.0 Å². The van der Waals surface area contributed by atoms with Crippen LogP contribution < -0.4 is 4.90 Å². The molecule has 0 aliphatic carbocycles. The molecule has 0 N–H and O–H groups in total. The summed E-state index contributed by atoms with van der Waals surface area (Å²) in [6.07, 6.45) is 1.44. The van der Waals surface area contributed by atoms with Gasteiger partial charge in [0.2, 0.25) is 17.6 Å². The minimum atomic E-state index is -0.324. The Morgan fingerprint density at radius 2 is 1.87 bits per heavy atom. The van der Waals surface area contributed by atoms with Crippen molar-refractivity contribution in [2.24, 2.45) is 0 Å². The fraction of sp³-hybridized carbons (Fsp3) is 0.348. The Labute approximate surface area is 179 Å². The molecule has 0 saturated carbocycles. The van der Waals surface area contributed by atoms with Crippen molar-refractivity contribution in [3.8, 4) is 11.4 Å².